The van der Waals surface area contributed by atoms with E-state index in [1.165, 1.54) is 13.8 Å². The van der Waals surface area contributed by atoms with Crippen molar-refractivity contribution in [3.8, 4) is 73.8 Å². The topological polar surface area (TPSA) is 245 Å². The highest BCUT2D eigenvalue weighted by Gasteiger charge is 2.30. The summed E-state index contributed by atoms with van der Waals surface area (Å²) >= 11 is 6.30. The fourth-order valence-electron chi connectivity index (χ4n) is 11.5. The molecule has 1 saturated heterocycles. The van der Waals surface area contributed by atoms with Crippen molar-refractivity contribution in [3.05, 3.63) is 203 Å². The molecule has 6 heterocycles. The first-order valence-electron chi connectivity index (χ1n) is 38.5. The lowest BCUT2D eigenvalue weighted by molar-refractivity contribution is -0.140. The molecule has 0 spiro atoms. The van der Waals surface area contributed by atoms with Crippen LogP contribution in [0, 0.1) is 11.8 Å². The summed E-state index contributed by atoms with van der Waals surface area (Å²) in [6.07, 6.45) is 3.86. The van der Waals surface area contributed by atoms with Gasteiger partial charge in [0.1, 0.15) is 51.2 Å². The second-order valence-electron chi connectivity index (χ2n) is 30.8. The van der Waals surface area contributed by atoms with Crippen LogP contribution < -0.4 is 23.7 Å². The summed E-state index contributed by atoms with van der Waals surface area (Å²) < 4.78 is 64.1. The van der Waals surface area contributed by atoms with Crippen LogP contribution in [-0.2, 0) is 95.5 Å². The van der Waals surface area contributed by atoms with E-state index in [1.807, 2.05) is 167 Å². The zero-order valence-corrected chi connectivity index (χ0v) is 70.7. The maximum absolute atomic E-state index is 11.8. The van der Waals surface area contributed by atoms with Gasteiger partial charge in [-0.25, -0.2) is 0 Å². The summed E-state index contributed by atoms with van der Waals surface area (Å²) in [7, 11) is 6.61. The number of ether oxygens (including phenoxy) is 10. The molecule has 5 aromatic heterocycles. The highest BCUT2D eigenvalue weighted by molar-refractivity contribution is 6.31. The maximum atomic E-state index is 11.8. The van der Waals surface area contributed by atoms with Crippen LogP contribution in [0.25, 0.3) is 45.0 Å². The molecule has 0 N–H and O–H groups in total. The Morgan fingerprint density at radius 2 is 0.798 bits per heavy atom. The largest absolute Gasteiger partial charge is 0.497 e. The fourth-order valence-corrected chi connectivity index (χ4v) is 11.7. The number of hydrogen-bond acceptors (Lipinski definition) is 19. The predicted octanol–water partition coefficient (Wildman–Crippen LogP) is 17.8. The monoisotopic (exact) mass is 1580 g/mol. The summed E-state index contributed by atoms with van der Waals surface area (Å²) in [5, 5.41) is 19.5. The molecule has 0 radical (unpaired) electrons. The highest BCUT2D eigenvalue weighted by Crippen LogP contribution is 2.34. The Morgan fingerprint density at radius 3 is 1.16 bits per heavy atom. The number of carbonyl (C=O) groups excluding carboxylic acids is 4. The van der Waals surface area contributed by atoms with E-state index >= 15 is 0 Å². The van der Waals surface area contributed by atoms with E-state index in [1.54, 1.807) is 116 Å². The van der Waals surface area contributed by atoms with Gasteiger partial charge in [0.25, 0.3) is 0 Å². The summed E-state index contributed by atoms with van der Waals surface area (Å²) in [6, 6.07) is 51.1. The first-order chi connectivity index (χ1) is 54.1. The molecule has 114 heavy (non-hydrogen) atoms. The van der Waals surface area contributed by atoms with Gasteiger partial charge in [-0.1, -0.05) is 92.2 Å². The van der Waals surface area contributed by atoms with Gasteiger partial charge in [-0.15, -0.1) is 0 Å². The standard InChI is InChI=1S/C26H32N2O4.C22H24ClN3O3.C22H30N2O4.C20H28N2O3/c1-18(2)32-25-13-8-7-10-21(25)16-28-24(20-11-9-12-23(14-20)30-6)15-22(27-28)17-31-26(4,5)19(3)29;1-15(27)22(2,3)29-14-17-12-21(16-7-5-8-18(11-16)28-4)26(25-17)13-20-19(23)9-6-10-24-20;1-16(25)22(2,3)28-15-19-13-21(18-6-5-7-20(12-18)26-4)24(23-19)14-17-8-10-27-11-9-17;1-14(2)12-22-19(16-8-7-9-18(10-16)24-6)11-17(21-22)13-25-20(4,5)15(3)23/h7-15,18H,16-17H2,1-6H3;5-12H,13-14H2,1-4H3;5-7,12-13,17H,8-11,14-15H2,1-4H3;7-11,14H,12-13H2,1-6H3. The van der Waals surface area contributed by atoms with Crippen LogP contribution in [0.1, 0.15) is 158 Å². The van der Waals surface area contributed by atoms with Gasteiger partial charge in [0.15, 0.2) is 23.1 Å². The molecule has 1 aliphatic heterocycles. The lowest BCUT2D eigenvalue weighted by Gasteiger charge is -2.23. The van der Waals surface area contributed by atoms with Crippen molar-refractivity contribution in [2.75, 3.05) is 41.7 Å². The van der Waals surface area contributed by atoms with Crippen LogP contribution in [0.15, 0.2) is 164 Å². The highest BCUT2D eigenvalue weighted by atomic mass is 35.5. The van der Waals surface area contributed by atoms with Gasteiger partial charge < -0.3 is 47.4 Å². The Labute approximate surface area is 676 Å². The van der Waals surface area contributed by atoms with E-state index in [-0.39, 0.29) is 42.5 Å². The fraction of sp³-hybridized carbons (Fsp3) is 0.433. The molecule has 1 fully saturated rings. The van der Waals surface area contributed by atoms with Gasteiger partial charge in [-0.05, 0) is 213 Å². The number of pyridine rings is 1. The number of hydrogen-bond donors (Lipinski definition) is 0. The maximum Gasteiger partial charge on any atom is 0.161 e. The van der Waals surface area contributed by atoms with E-state index < -0.39 is 22.4 Å². The molecular formula is C90H114ClN9O14. The Hall–Kier alpha value is -10.1. The molecule has 11 rings (SSSR count). The predicted molar refractivity (Wildman–Crippen MR) is 443 cm³/mol. The van der Waals surface area contributed by atoms with E-state index in [2.05, 4.69) is 39.8 Å². The van der Waals surface area contributed by atoms with Crippen LogP contribution in [-0.4, -0.2) is 137 Å². The molecule has 610 valence electrons. The van der Waals surface area contributed by atoms with Crippen molar-refractivity contribution in [1.29, 1.82) is 0 Å². The number of rotatable bonds is 34. The van der Waals surface area contributed by atoms with Crippen LogP contribution in [0.3, 0.4) is 0 Å². The van der Waals surface area contributed by atoms with E-state index in [0.29, 0.717) is 48.9 Å². The number of benzene rings is 5. The SMILES string of the molecule is COc1cccc(-c2cc(COC(C)(C)C(C)=O)nn2CC(C)C)c1.COc1cccc(-c2cc(COC(C)(C)C(C)=O)nn2CC2CCOCC2)c1.COc1cccc(-c2cc(COC(C)(C)C(C)=O)nn2Cc2ccccc2OC(C)C)c1.COc1cccc(-c2cc(COC(C)(C)C(C)=O)nn2Cc2ncccc2Cl)c1. The Bertz CT molecular complexity index is 4810. The average Bonchev–Trinajstić information content (AvgIpc) is 1.65. The molecule has 0 amide bonds. The van der Waals surface area contributed by atoms with Gasteiger partial charge in [0.05, 0.1) is 130 Å². The molecule has 5 aromatic carbocycles. The molecule has 0 unspecified atom stereocenters. The lowest BCUT2D eigenvalue weighted by Crippen LogP contribution is -2.32. The molecule has 0 bridgehead atoms. The van der Waals surface area contributed by atoms with Gasteiger partial charge >= 0.3 is 0 Å². The first-order valence-corrected chi connectivity index (χ1v) is 38.8. The quantitative estimate of drug-likeness (QED) is 0.0364. The van der Waals surface area contributed by atoms with E-state index in [4.69, 9.17) is 69.2 Å². The number of methoxy groups -OCH3 is 4. The third-order valence-electron chi connectivity index (χ3n) is 19.6. The Morgan fingerprint density at radius 1 is 0.447 bits per heavy atom. The van der Waals surface area contributed by atoms with Crippen LogP contribution in [0.5, 0.6) is 28.7 Å². The zero-order chi connectivity index (χ0) is 83.1. The van der Waals surface area contributed by atoms with Crippen molar-refractivity contribution in [2.24, 2.45) is 11.8 Å². The average molecular weight is 1580 g/mol. The third kappa shape index (κ3) is 25.9. The summed E-state index contributed by atoms with van der Waals surface area (Å²) in [5.74, 6) is 4.93. The number of halogens is 1. The van der Waals surface area contributed by atoms with E-state index in [0.717, 1.165) is 141 Å². The molecular weight excluding hydrogens is 1470 g/mol. The third-order valence-corrected chi connectivity index (χ3v) is 19.9. The smallest absolute Gasteiger partial charge is 0.161 e. The van der Waals surface area contributed by atoms with Crippen molar-refractivity contribution in [3.63, 3.8) is 0 Å². The summed E-state index contributed by atoms with van der Waals surface area (Å²) in [5.41, 5.74) is 9.38. The van der Waals surface area contributed by atoms with Crippen LogP contribution in [0.4, 0.5) is 0 Å². The summed E-state index contributed by atoms with van der Waals surface area (Å²) in [6.45, 7) is 33.9. The second-order valence-corrected chi connectivity index (χ2v) is 31.2. The number of nitrogens with zero attached hydrogens (tertiary/aromatic N) is 9. The molecule has 24 heteroatoms. The molecule has 10 aromatic rings. The summed E-state index contributed by atoms with van der Waals surface area (Å²) in [4.78, 5) is 51.3. The normalized spacial score (nSPS) is 12.6. The molecule has 1 aliphatic rings. The number of Topliss-reactive ketones (excluding diaryl/α,β-unsaturated/α-hetero) is 4. The minimum atomic E-state index is -0.871. The molecule has 23 nitrogen and oxygen atoms in total. The van der Waals surface area contributed by atoms with Crippen LogP contribution in [0.2, 0.25) is 5.02 Å². The molecule has 0 aliphatic carbocycles. The number of para-hydroxylation sites is 1. The minimum absolute atomic E-state index is 0.00197. The number of carbonyl (C=O) groups is 4. The van der Waals surface area contributed by atoms with Gasteiger partial charge in [-0.2, -0.15) is 20.4 Å². The van der Waals surface area contributed by atoms with Crippen LogP contribution >= 0.6 is 11.6 Å². The Kier molecular flexibility index (Phi) is 32.3. The number of aromatic nitrogens is 9. The van der Waals surface area contributed by atoms with E-state index in [9.17, 15) is 19.2 Å². The Balaban J connectivity index is 0.000000191. The van der Waals surface area contributed by atoms with Crippen molar-refractivity contribution < 1.29 is 66.5 Å². The lowest BCUT2D eigenvalue weighted by atomic mass is 10.0. The molecule has 0 atom stereocenters. The van der Waals surface area contributed by atoms with Gasteiger partial charge in [0, 0.05) is 60.3 Å². The van der Waals surface area contributed by atoms with Crippen molar-refractivity contribution in [2.45, 2.75) is 205 Å². The first kappa shape index (κ1) is 89.4. The van der Waals surface area contributed by atoms with Gasteiger partial charge in [-0.3, -0.25) is 42.9 Å². The van der Waals surface area contributed by atoms with Crippen molar-refractivity contribution >= 4 is 34.7 Å². The van der Waals surface area contributed by atoms with Gasteiger partial charge in [0.2, 0.25) is 0 Å². The minimum Gasteiger partial charge on any atom is -0.497 e. The zero-order valence-electron chi connectivity index (χ0n) is 69.9. The number of ketones is 4. The van der Waals surface area contributed by atoms with Crippen molar-refractivity contribution in [1.82, 2.24) is 44.1 Å². The second kappa shape index (κ2) is 41.2. The molecule has 0 saturated carbocycles.